The number of hydroxylamine groups is 2. The van der Waals surface area contributed by atoms with E-state index in [1.165, 1.54) is 12.2 Å². The van der Waals surface area contributed by atoms with E-state index in [9.17, 15) is 14.7 Å². The summed E-state index contributed by atoms with van der Waals surface area (Å²) < 4.78 is 28.2. The fourth-order valence-corrected chi connectivity index (χ4v) is 5.23. The van der Waals surface area contributed by atoms with E-state index in [0.717, 1.165) is 18.4 Å². The van der Waals surface area contributed by atoms with Crippen molar-refractivity contribution in [2.24, 2.45) is 5.92 Å². The molecule has 2 aliphatic rings. The number of para-hydroxylation sites is 2. The van der Waals surface area contributed by atoms with Crippen LogP contribution in [-0.4, -0.2) is 86.8 Å². The van der Waals surface area contributed by atoms with Crippen LogP contribution in [-0.2, 0) is 14.4 Å². The number of nitrogens with zero attached hydrogens (tertiary/aromatic N) is 2. The molecule has 2 heterocycles. The molecular formula is C29H38N2O9. The molecule has 11 nitrogen and oxygen atoms in total. The van der Waals surface area contributed by atoms with Crippen LogP contribution in [0.5, 0.6) is 28.7 Å². The minimum Gasteiger partial charge on any atom is -0.493 e. The minimum absolute atomic E-state index is 0.0222. The molecule has 11 heteroatoms. The lowest BCUT2D eigenvalue weighted by molar-refractivity contribution is -0.188. The summed E-state index contributed by atoms with van der Waals surface area (Å²) in [7, 11) is 3.07. The normalized spacial score (nSPS) is 19.9. The highest BCUT2D eigenvalue weighted by Crippen LogP contribution is 2.47. The van der Waals surface area contributed by atoms with Crippen molar-refractivity contribution in [3.8, 4) is 28.7 Å². The van der Waals surface area contributed by atoms with Crippen LogP contribution in [0, 0.1) is 5.92 Å². The average Bonchev–Trinajstić information content (AvgIpc) is 3.58. The number of carbonyl (C=O) groups is 2. The Hall–Kier alpha value is -3.70. The molecule has 3 unspecified atom stereocenters. The molecule has 218 valence electrons. The third kappa shape index (κ3) is 6.37. The van der Waals surface area contributed by atoms with Gasteiger partial charge in [0.1, 0.15) is 6.61 Å². The lowest BCUT2D eigenvalue weighted by Gasteiger charge is -2.29. The van der Waals surface area contributed by atoms with Gasteiger partial charge in [-0.2, -0.15) is 0 Å². The maximum absolute atomic E-state index is 13.4. The maximum Gasteiger partial charge on any atom is 0.308 e. The monoisotopic (exact) mass is 558 g/mol. The maximum atomic E-state index is 13.4. The molecule has 0 radical (unpaired) electrons. The SMILES string of the molecule is CCCON(CCC)C(=O)CN1CC(c2cc(OC)c3c(c2)OCO3)C(C(=O)O)C1COc1ccccc1OC. The largest absolute Gasteiger partial charge is 0.493 e. The highest BCUT2D eigenvalue weighted by Gasteiger charge is 2.48. The summed E-state index contributed by atoms with van der Waals surface area (Å²) in [6.07, 6.45) is 1.49. The number of fused-ring (bicyclic) bond motifs is 1. The van der Waals surface area contributed by atoms with Crippen LogP contribution in [0.2, 0.25) is 0 Å². The number of carbonyl (C=O) groups excluding carboxylic acids is 1. The van der Waals surface area contributed by atoms with Gasteiger partial charge in [-0.3, -0.25) is 19.3 Å². The van der Waals surface area contributed by atoms with Gasteiger partial charge in [-0.15, -0.1) is 0 Å². The van der Waals surface area contributed by atoms with Crippen molar-refractivity contribution in [1.29, 1.82) is 0 Å². The van der Waals surface area contributed by atoms with Crippen LogP contribution in [0.15, 0.2) is 36.4 Å². The van der Waals surface area contributed by atoms with E-state index in [1.807, 2.05) is 30.9 Å². The number of rotatable bonds is 14. The highest BCUT2D eigenvalue weighted by atomic mass is 16.7. The summed E-state index contributed by atoms with van der Waals surface area (Å²) in [5.74, 6) is -0.0999. The zero-order valence-corrected chi connectivity index (χ0v) is 23.5. The van der Waals surface area contributed by atoms with Gasteiger partial charge >= 0.3 is 5.97 Å². The Labute approximate surface area is 234 Å². The number of hydrogen-bond donors (Lipinski definition) is 1. The molecule has 1 N–H and O–H groups in total. The second-order valence-electron chi connectivity index (χ2n) is 9.72. The fourth-order valence-electron chi connectivity index (χ4n) is 5.23. The molecule has 0 spiro atoms. The molecule has 0 saturated carbocycles. The standard InChI is InChI=1S/C29H38N2O9/c1-5-11-31(40-12-6-2)26(32)16-30-15-20(19-13-24(36-4)28-25(14-19)38-18-39-28)27(29(33)34)21(30)17-37-23-10-8-7-9-22(23)35-3/h7-10,13-14,20-21,27H,5-6,11-12,15-18H2,1-4H3,(H,33,34). The van der Waals surface area contributed by atoms with Gasteiger partial charge in [0.05, 0.1) is 39.3 Å². The molecule has 4 rings (SSSR count). The van der Waals surface area contributed by atoms with Crippen molar-refractivity contribution >= 4 is 11.9 Å². The zero-order chi connectivity index (χ0) is 28.6. The van der Waals surface area contributed by atoms with Gasteiger partial charge in [-0.05, 0) is 42.7 Å². The van der Waals surface area contributed by atoms with Crippen molar-refractivity contribution < 1.29 is 43.2 Å². The van der Waals surface area contributed by atoms with Crippen molar-refractivity contribution in [2.75, 3.05) is 53.9 Å². The Balaban J connectivity index is 1.66. The van der Waals surface area contributed by atoms with Gasteiger partial charge in [0, 0.05) is 19.0 Å². The van der Waals surface area contributed by atoms with E-state index >= 15 is 0 Å². The summed E-state index contributed by atoms with van der Waals surface area (Å²) in [6.45, 7) is 5.19. The van der Waals surface area contributed by atoms with Crippen molar-refractivity contribution in [3.05, 3.63) is 42.0 Å². The van der Waals surface area contributed by atoms with Crippen LogP contribution in [0.25, 0.3) is 0 Å². The number of likely N-dealkylation sites (tertiary alicyclic amines) is 1. The molecular weight excluding hydrogens is 520 g/mol. The molecule has 0 aliphatic carbocycles. The highest BCUT2D eigenvalue weighted by molar-refractivity contribution is 5.78. The molecule has 1 amide bonds. The van der Waals surface area contributed by atoms with Crippen LogP contribution in [0.1, 0.15) is 38.2 Å². The Morgan fingerprint density at radius 2 is 1.80 bits per heavy atom. The smallest absolute Gasteiger partial charge is 0.308 e. The topological polar surface area (TPSA) is 116 Å². The third-order valence-electron chi connectivity index (χ3n) is 7.12. The number of benzene rings is 2. The Bertz CT molecular complexity index is 1170. The van der Waals surface area contributed by atoms with Crippen LogP contribution in [0.4, 0.5) is 0 Å². The molecule has 0 bridgehead atoms. The van der Waals surface area contributed by atoms with E-state index in [4.69, 9.17) is 28.5 Å². The van der Waals surface area contributed by atoms with E-state index in [2.05, 4.69) is 0 Å². The Morgan fingerprint density at radius 3 is 2.48 bits per heavy atom. The van der Waals surface area contributed by atoms with Gasteiger partial charge < -0.3 is 28.8 Å². The zero-order valence-electron chi connectivity index (χ0n) is 23.5. The fraction of sp³-hybridized carbons (Fsp3) is 0.517. The summed E-state index contributed by atoms with van der Waals surface area (Å²) in [5, 5.41) is 11.9. The second-order valence-corrected chi connectivity index (χ2v) is 9.72. The molecule has 40 heavy (non-hydrogen) atoms. The summed E-state index contributed by atoms with van der Waals surface area (Å²) >= 11 is 0. The van der Waals surface area contributed by atoms with Gasteiger partial charge in [0.15, 0.2) is 23.0 Å². The third-order valence-corrected chi connectivity index (χ3v) is 7.12. The lowest BCUT2D eigenvalue weighted by Crippen LogP contribution is -2.46. The van der Waals surface area contributed by atoms with E-state index in [-0.39, 0.29) is 25.9 Å². The Morgan fingerprint density at radius 1 is 1.05 bits per heavy atom. The second kappa shape index (κ2) is 13.6. The van der Waals surface area contributed by atoms with E-state index in [0.29, 0.717) is 48.4 Å². The number of amides is 1. The first-order valence-electron chi connectivity index (χ1n) is 13.5. The van der Waals surface area contributed by atoms with Crippen molar-refractivity contribution in [2.45, 2.75) is 38.6 Å². The van der Waals surface area contributed by atoms with Crippen LogP contribution in [0.3, 0.4) is 0 Å². The first kappa shape index (κ1) is 29.3. The van der Waals surface area contributed by atoms with Crippen LogP contribution < -0.4 is 23.7 Å². The van der Waals surface area contributed by atoms with Gasteiger partial charge in [-0.25, -0.2) is 5.06 Å². The van der Waals surface area contributed by atoms with Gasteiger partial charge in [0.25, 0.3) is 5.91 Å². The number of hydrogen-bond acceptors (Lipinski definition) is 9. The summed E-state index contributed by atoms with van der Waals surface area (Å²) in [4.78, 5) is 33.8. The molecule has 2 aromatic rings. The molecule has 3 atom stereocenters. The number of aliphatic carboxylic acids is 1. The minimum atomic E-state index is -0.988. The molecule has 1 fully saturated rings. The summed E-state index contributed by atoms with van der Waals surface area (Å²) in [5.41, 5.74) is 0.721. The number of ether oxygens (including phenoxy) is 5. The predicted octanol–water partition coefficient (Wildman–Crippen LogP) is 3.56. The molecule has 2 aromatic carbocycles. The quantitative estimate of drug-likeness (QED) is 0.345. The average molecular weight is 559 g/mol. The Kier molecular flexibility index (Phi) is 9.94. The lowest BCUT2D eigenvalue weighted by atomic mass is 9.85. The predicted molar refractivity (Wildman–Crippen MR) is 145 cm³/mol. The molecule has 0 aromatic heterocycles. The molecule has 2 aliphatic heterocycles. The number of methoxy groups -OCH3 is 2. The van der Waals surface area contributed by atoms with E-state index < -0.39 is 23.8 Å². The number of carboxylic acid groups (broad SMARTS) is 1. The van der Waals surface area contributed by atoms with Gasteiger partial charge in [0.2, 0.25) is 12.5 Å². The van der Waals surface area contributed by atoms with Crippen molar-refractivity contribution in [1.82, 2.24) is 9.96 Å². The van der Waals surface area contributed by atoms with Crippen molar-refractivity contribution in [3.63, 3.8) is 0 Å². The van der Waals surface area contributed by atoms with Crippen LogP contribution >= 0.6 is 0 Å². The molecule has 1 saturated heterocycles. The van der Waals surface area contributed by atoms with E-state index in [1.54, 1.807) is 31.4 Å². The first-order valence-corrected chi connectivity index (χ1v) is 13.5. The number of carboxylic acids is 1. The van der Waals surface area contributed by atoms with Gasteiger partial charge in [-0.1, -0.05) is 26.0 Å². The first-order chi connectivity index (χ1) is 19.4. The summed E-state index contributed by atoms with van der Waals surface area (Å²) in [6, 6.07) is 10.1.